The van der Waals surface area contributed by atoms with Gasteiger partial charge in [-0.05, 0) is 48.5 Å². The Balaban J connectivity index is 1.42. The second-order valence-corrected chi connectivity index (χ2v) is 8.65. The van der Waals surface area contributed by atoms with E-state index < -0.39 is 10.0 Å². The zero-order valence-electron chi connectivity index (χ0n) is 15.8. The zero-order chi connectivity index (χ0) is 21.4. The van der Waals surface area contributed by atoms with Gasteiger partial charge >= 0.3 is 0 Å². The van der Waals surface area contributed by atoms with E-state index in [-0.39, 0.29) is 9.92 Å². The molecule has 0 aliphatic rings. The minimum Gasteiger partial charge on any atom is -0.436 e. The molecule has 10 heteroatoms. The van der Waals surface area contributed by atoms with Gasteiger partial charge in [0.2, 0.25) is 5.65 Å². The Bertz CT molecular complexity index is 1520. The third-order valence-corrected chi connectivity index (χ3v) is 6.43. The van der Waals surface area contributed by atoms with Crippen molar-refractivity contribution in [2.45, 2.75) is 4.90 Å². The van der Waals surface area contributed by atoms with Gasteiger partial charge in [0.1, 0.15) is 17.0 Å². The van der Waals surface area contributed by atoms with Crippen LogP contribution < -0.4 is 9.46 Å². The molecule has 0 fully saturated rings. The lowest BCUT2D eigenvalue weighted by molar-refractivity contribution is 0.467. The summed E-state index contributed by atoms with van der Waals surface area (Å²) in [7, 11) is -3.82. The van der Waals surface area contributed by atoms with Crippen LogP contribution >= 0.6 is 11.6 Å². The summed E-state index contributed by atoms with van der Waals surface area (Å²) < 4.78 is 35.4. The Morgan fingerprint density at radius 1 is 0.935 bits per heavy atom. The summed E-state index contributed by atoms with van der Waals surface area (Å²) in [5.41, 5.74) is 2.43. The van der Waals surface area contributed by atoms with E-state index in [2.05, 4.69) is 19.9 Å². The van der Waals surface area contributed by atoms with Crippen molar-refractivity contribution < 1.29 is 13.2 Å². The SMILES string of the molecule is O=S(=O)(Nc1ccc(Oc2nc3ccccc3n3cnnc23)cc1)c1ccccc1Cl. The van der Waals surface area contributed by atoms with E-state index in [1.165, 1.54) is 12.1 Å². The van der Waals surface area contributed by atoms with Gasteiger partial charge in [0.15, 0.2) is 0 Å². The van der Waals surface area contributed by atoms with Crippen LogP contribution in [0.15, 0.2) is 84.0 Å². The lowest BCUT2D eigenvalue weighted by atomic mass is 10.3. The second kappa shape index (κ2) is 7.53. The van der Waals surface area contributed by atoms with Crippen LogP contribution in [0.3, 0.4) is 0 Å². The first-order valence-electron chi connectivity index (χ1n) is 9.15. The summed E-state index contributed by atoms with van der Waals surface area (Å²) in [4.78, 5) is 4.54. The summed E-state index contributed by atoms with van der Waals surface area (Å²) >= 11 is 6.01. The molecular weight excluding hydrogens is 438 g/mol. The fourth-order valence-electron chi connectivity index (χ4n) is 3.12. The topological polar surface area (TPSA) is 98.5 Å². The molecule has 0 unspecified atom stereocenters. The largest absolute Gasteiger partial charge is 0.436 e. The van der Waals surface area contributed by atoms with Crippen LogP contribution in [-0.4, -0.2) is 28.0 Å². The minimum absolute atomic E-state index is 0.00607. The number of hydrogen-bond acceptors (Lipinski definition) is 6. The molecule has 0 spiro atoms. The molecule has 0 saturated carbocycles. The fourth-order valence-corrected chi connectivity index (χ4v) is 4.70. The van der Waals surface area contributed by atoms with E-state index in [9.17, 15) is 8.42 Å². The van der Waals surface area contributed by atoms with E-state index in [1.807, 2.05) is 24.3 Å². The Morgan fingerprint density at radius 2 is 1.68 bits per heavy atom. The van der Waals surface area contributed by atoms with E-state index in [4.69, 9.17) is 16.3 Å². The van der Waals surface area contributed by atoms with E-state index in [0.29, 0.717) is 23.0 Å². The van der Waals surface area contributed by atoms with E-state index in [0.717, 1.165) is 11.0 Å². The maximum absolute atomic E-state index is 12.6. The Labute approximate surface area is 182 Å². The molecule has 0 aliphatic heterocycles. The van der Waals surface area contributed by atoms with Crippen molar-refractivity contribution in [3.63, 3.8) is 0 Å². The summed E-state index contributed by atoms with van der Waals surface area (Å²) in [6, 6.07) is 20.3. The van der Waals surface area contributed by atoms with Crippen molar-refractivity contribution in [3.05, 3.63) is 84.1 Å². The highest BCUT2D eigenvalue weighted by molar-refractivity contribution is 7.92. The van der Waals surface area contributed by atoms with Crippen LogP contribution in [0.2, 0.25) is 5.02 Å². The average Bonchev–Trinajstić information content (AvgIpc) is 3.26. The molecule has 0 radical (unpaired) electrons. The first kappa shape index (κ1) is 19.3. The number of ether oxygens (including phenoxy) is 1. The van der Waals surface area contributed by atoms with Crippen molar-refractivity contribution in [3.8, 4) is 11.6 Å². The van der Waals surface area contributed by atoms with Crippen LogP contribution in [0.5, 0.6) is 11.6 Å². The predicted molar refractivity (Wildman–Crippen MR) is 117 cm³/mol. The summed E-state index contributed by atoms with van der Waals surface area (Å²) in [5.74, 6) is 0.758. The van der Waals surface area contributed by atoms with Gasteiger partial charge in [0.05, 0.1) is 16.1 Å². The van der Waals surface area contributed by atoms with Crippen molar-refractivity contribution in [1.29, 1.82) is 0 Å². The third-order valence-electron chi connectivity index (χ3n) is 4.55. The van der Waals surface area contributed by atoms with Gasteiger partial charge in [0, 0.05) is 5.69 Å². The predicted octanol–water partition coefficient (Wildman–Crippen LogP) is 4.52. The quantitative estimate of drug-likeness (QED) is 0.421. The Hall–Kier alpha value is -3.69. The average molecular weight is 452 g/mol. The lowest BCUT2D eigenvalue weighted by Gasteiger charge is -2.11. The number of sulfonamides is 1. The van der Waals surface area contributed by atoms with Gasteiger partial charge in [-0.1, -0.05) is 35.9 Å². The number of benzene rings is 3. The van der Waals surface area contributed by atoms with Crippen LogP contribution in [0, 0.1) is 0 Å². The van der Waals surface area contributed by atoms with Crippen molar-refractivity contribution >= 4 is 44.0 Å². The molecule has 3 aromatic carbocycles. The van der Waals surface area contributed by atoms with Crippen molar-refractivity contribution in [1.82, 2.24) is 19.6 Å². The van der Waals surface area contributed by atoms with Gasteiger partial charge in [-0.25, -0.2) is 13.4 Å². The summed E-state index contributed by atoms with van der Waals surface area (Å²) in [6.45, 7) is 0. The van der Waals surface area contributed by atoms with E-state index >= 15 is 0 Å². The van der Waals surface area contributed by atoms with Gasteiger partial charge in [-0.15, -0.1) is 10.2 Å². The number of para-hydroxylation sites is 2. The number of rotatable bonds is 5. The fraction of sp³-hybridized carbons (Fsp3) is 0. The van der Waals surface area contributed by atoms with Crippen LogP contribution in [-0.2, 0) is 10.0 Å². The summed E-state index contributed by atoms with van der Waals surface area (Å²) in [6.07, 6.45) is 1.60. The molecule has 0 bridgehead atoms. The number of halogens is 1. The summed E-state index contributed by atoms with van der Waals surface area (Å²) in [5, 5.41) is 8.19. The van der Waals surface area contributed by atoms with Crippen LogP contribution in [0.1, 0.15) is 0 Å². The van der Waals surface area contributed by atoms with Gasteiger partial charge < -0.3 is 4.74 Å². The minimum atomic E-state index is -3.82. The number of nitrogens with one attached hydrogen (secondary N) is 1. The van der Waals surface area contributed by atoms with E-state index in [1.54, 1.807) is 47.1 Å². The normalized spacial score (nSPS) is 11.6. The number of nitrogens with zero attached hydrogens (tertiary/aromatic N) is 4. The Morgan fingerprint density at radius 3 is 2.48 bits per heavy atom. The van der Waals surface area contributed by atoms with Gasteiger partial charge in [-0.3, -0.25) is 9.12 Å². The number of fused-ring (bicyclic) bond motifs is 3. The van der Waals surface area contributed by atoms with Crippen LogP contribution in [0.25, 0.3) is 16.7 Å². The maximum atomic E-state index is 12.6. The molecule has 8 nitrogen and oxygen atoms in total. The second-order valence-electron chi connectivity index (χ2n) is 6.59. The highest BCUT2D eigenvalue weighted by Crippen LogP contribution is 2.28. The standard InChI is InChI=1S/C21H14ClN5O3S/c22-16-5-1-4-8-19(16)31(28,29)26-14-9-11-15(12-10-14)30-21-20-25-23-13-27(20)18-7-3-2-6-17(18)24-21/h1-13,26H. The van der Waals surface area contributed by atoms with Gasteiger partial charge in [-0.2, -0.15) is 0 Å². The monoisotopic (exact) mass is 451 g/mol. The van der Waals surface area contributed by atoms with Crippen molar-refractivity contribution in [2.24, 2.45) is 0 Å². The lowest BCUT2D eigenvalue weighted by Crippen LogP contribution is -2.13. The van der Waals surface area contributed by atoms with Crippen molar-refractivity contribution in [2.75, 3.05) is 4.72 Å². The molecule has 31 heavy (non-hydrogen) atoms. The first-order valence-corrected chi connectivity index (χ1v) is 11.0. The molecule has 2 heterocycles. The Kier molecular flexibility index (Phi) is 4.68. The molecule has 5 rings (SSSR count). The molecule has 0 amide bonds. The number of aromatic nitrogens is 4. The molecule has 5 aromatic rings. The highest BCUT2D eigenvalue weighted by atomic mass is 35.5. The number of hydrogen-bond donors (Lipinski definition) is 1. The molecular formula is C21H14ClN5O3S. The molecule has 0 aliphatic carbocycles. The molecule has 154 valence electrons. The molecule has 0 atom stereocenters. The zero-order valence-corrected chi connectivity index (χ0v) is 17.4. The smallest absolute Gasteiger partial charge is 0.266 e. The number of anilines is 1. The third kappa shape index (κ3) is 3.65. The molecule has 1 N–H and O–H groups in total. The maximum Gasteiger partial charge on any atom is 0.266 e. The molecule has 0 saturated heterocycles. The first-order chi connectivity index (χ1) is 15.0. The molecule has 2 aromatic heterocycles. The highest BCUT2D eigenvalue weighted by Gasteiger charge is 2.18. The van der Waals surface area contributed by atoms with Crippen LogP contribution in [0.4, 0.5) is 5.69 Å². The van der Waals surface area contributed by atoms with Gasteiger partial charge in [0.25, 0.3) is 15.9 Å².